The van der Waals surface area contributed by atoms with E-state index in [1.165, 1.54) is 18.2 Å². The number of nitrogens with zero attached hydrogens (tertiary/aromatic N) is 3. The number of imidazole rings is 1. The number of pyridine rings is 1. The van der Waals surface area contributed by atoms with Crippen LogP contribution in [0, 0.1) is 5.82 Å². The van der Waals surface area contributed by atoms with Crippen molar-refractivity contribution in [2.24, 2.45) is 0 Å². The van der Waals surface area contributed by atoms with Gasteiger partial charge in [-0.2, -0.15) is 0 Å². The summed E-state index contributed by atoms with van der Waals surface area (Å²) in [5.41, 5.74) is 1.86. The van der Waals surface area contributed by atoms with Crippen molar-refractivity contribution < 1.29 is 9.18 Å². The summed E-state index contributed by atoms with van der Waals surface area (Å²) in [5, 5.41) is 2.85. The molecule has 0 atom stereocenters. The minimum atomic E-state index is -0.256. The van der Waals surface area contributed by atoms with E-state index in [1.54, 1.807) is 48.3 Å². The average molecular weight is 404 g/mol. The lowest BCUT2D eigenvalue weighted by Gasteiger charge is -2.04. The number of thiophene rings is 1. The van der Waals surface area contributed by atoms with Crippen LogP contribution in [-0.2, 0) is 11.3 Å². The molecule has 0 saturated carbocycles. The van der Waals surface area contributed by atoms with Gasteiger partial charge in [0.15, 0.2) is 0 Å². The van der Waals surface area contributed by atoms with Crippen molar-refractivity contribution in [3.8, 4) is 16.3 Å². The van der Waals surface area contributed by atoms with Crippen LogP contribution in [0.15, 0.2) is 79.5 Å². The Kier molecular flexibility index (Phi) is 5.58. The molecule has 144 valence electrons. The predicted molar refractivity (Wildman–Crippen MR) is 112 cm³/mol. The van der Waals surface area contributed by atoms with Crippen LogP contribution >= 0.6 is 11.3 Å². The summed E-state index contributed by atoms with van der Waals surface area (Å²) in [7, 11) is 0. The smallest absolute Gasteiger partial charge is 0.244 e. The first-order valence-corrected chi connectivity index (χ1v) is 9.74. The van der Waals surface area contributed by atoms with Gasteiger partial charge < -0.3 is 5.32 Å². The minimum absolute atomic E-state index is 0.180. The van der Waals surface area contributed by atoms with E-state index in [-0.39, 0.29) is 11.7 Å². The molecule has 1 N–H and O–H groups in total. The summed E-state index contributed by atoms with van der Waals surface area (Å²) in [6, 6.07) is 14.1. The number of carbonyl (C=O) groups is 1. The maximum Gasteiger partial charge on any atom is 0.244 e. The Morgan fingerprint density at radius 3 is 2.72 bits per heavy atom. The fraction of sp³-hybridized carbons (Fsp3) is 0.0455. The van der Waals surface area contributed by atoms with Crippen molar-refractivity contribution in [1.29, 1.82) is 0 Å². The molecule has 0 aliphatic rings. The second-order valence-electron chi connectivity index (χ2n) is 6.25. The van der Waals surface area contributed by atoms with Crippen LogP contribution in [0.2, 0.25) is 0 Å². The average Bonchev–Trinajstić information content (AvgIpc) is 3.44. The Balaban J connectivity index is 1.31. The Labute approximate surface area is 171 Å². The maximum absolute atomic E-state index is 13.0. The SMILES string of the molecule is O=C(/C=C/c1ccc(-c2ccc(F)cc2)s1)NCc1ccc(-n2ccnc2)nc1. The standard InChI is InChI=1S/C22H17FN4OS/c23-18-4-2-17(3-5-18)20-8-6-19(29-20)7-10-22(28)26-14-16-1-9-21(25-13-16)27-12-11-24-15-27/h1-13,15H,14H2,(H,26,28)/b10-7+. The topological polar surface area (TPSA) is 59.8 Å². The van der Waals surface area contributed by atoms with Crippen molar-refractivity contribution in [1.82, 2.24) is 19.9 Å². The lowest BCUT2D eigenvalue weighted by molar-refractivity contribution is -0.116. The van der Waals surface area contributed by atoms with Crippen LogP contribution in [0.1, 0.15) is 10.4 Å². The van der Waals surface area contributed by atoms with Gasteiger partial charge in [-0.25, -0.2) is 14.4 Å². The van der Waals surface area contributed by atoms with Crippen LogP contribution in [0.4, 0.5) is 4.39 Å². The van der Waals surface area contributed by atoms with Gasteiger partial charge in [0.2, 0.25) is 5.91 Å². The van der Waals surface area contributed by atoms with Crippen LogP contribution in [-0.4, -0.2) is 20.4 Å². The number of halogens is 1. The van der Waals surface area contributed by atoms with E-state index >= 15 is 0 Å². The second-order valence-corrected chi connectivity index (χ2v) is 7.37. The first-order valence-electron chi connectivity index (χ1n) is 8.92. The van der Waals surface area contributed by atoms with Crippen molar-refractivity contribution in [2.75, 3.05) is 0 Å². The molecule has 29 heavy (non-hydrogen) atoms. The zero-order valence-electron chi connectivity index (χ0n) is 15.3. The van der Waals surface area contributed by atoms with Gasteiger partial charge in [-0.15, -0.1) is 11.3 Å². The van der Waals surface area contributed by atoms with Crippen molar-refractivity contribution in [3.63, 3.8) is 0 Å². The van der Waals surface area contributed by atoms with Crippen LogP contribution in [0.25, 0.3) is 22.3 Å². The number of nitrogens with one attached hydrogen (secondary N) is 1. The van der Waals surface area contributed by atoms with E-state index in [9.17, 15) is 9.18 Å². The third kappa shape index (κ3) is 4.83. The van der Waals surface area contributed by atoms with Gasteiger partial charge in [-0.1, -0.05) is 18.2 Å². The van der Waals surface area contributed by atoms with Gasteiger partial charge in [0.05, 0.1) is 0 Å². The molecule has 0 saturated heterocycles. The third-order valence-corrected chi connectivity index (χ3v) is 5.30. The molecule has 4 aromatic rings. The van der Waals surface area contributed by atoms with Crippen molar-refractivity contribution >= 4 is 23.3 Å². The number of amides is 1. The molecule has 1 aromatic carbocycles. The summed E-state index contributed by atoms with van der Waals surface area (Å²) in [4.78, 5) is 22.4. The zero-order chi connectivity index (χ0) is 20.1. The Bertz CT molecular complexity index is 1120. The summed E-state index contributed by atoms with van der Waals surface area (Å²) in [6.07, 6.45) is 10.2. The molecule has 3 heterocycles. The van der Waals surface area contributed by atoms with E-state index < -0.39 is 0 Å². The fourth-order valence-electron chi connectivity index (χ4n) is 2.69. The van der Waals surface area contributed by atoms with Gasteiger partial charge >= 0.3 is 0 Å². The Hall–Kier alpha value is -3.58. The highest BCUT2D eigenvalue weighted by molar-refractivity contribution is 7.16. The Morgan fingerprint density at radius 1 is 1.14 bits per heavy atom. The van der Waals surface area contributed by atoms with Crippen LogP contribution < -0.4 is 5.32 Å². The third-order valence-electron chi connectivity index (χ3n) is 4.20. The second kappa shape index (κ2) is 8.62. The predicted octanol–water partition coefficient (Wildman–Crippen LogP) is 4.46. The van der Waals surface area contributed by atoms with E-state index in [0.717, 1.165) is 26.7 Å². The number of hydrogen-bond donors (Lipinski definition) is 1. The molecular formula is C22H17FN4OS. The molecule has 4 rings (SSSR count). The minimum Gasteiger partial charge on any atom is -0.348 e. The first-order chi connectivity index (χ1) is 14.2. The number of hydrogen-bond acceptors (Lipinski definition) is 4. The number of aromatic nitrogens is 3. The van der Waals surface area contributed by atoms with E-state index in [1.807, 2.05) is 35.0 Å². The number of benzene rings is 1. The molecule has 0 spiro atoms. The van der Waals surface area contributed by atoms with Crippen molar-refractivity contribution in [2.45, 2.75) is 6.54 Å². The van der Waals surface area contributed by atoms with E-state index in [2.05, 4.69) is 15.3 Å². The highest BCUT2D eigenvalue weighted by Crippen LogP contribution is 2.28. The van der Waals surface area contributed by atoms with Crippen LogP contribution in [0.3, 0.4) is 0 Å². The summed E-state index contributed by atoms with van der Waals surface area (Å²) in [6.45, 7) is 0.394. The fourth-order valence-corrected chi connectivity index (χ4v) is 3.60. The lowest BCUT2D eigenvalue weighted by atomic mass is 10.2. The molecule has 0 fully saturated rings. The van der Waals surface area contributed by atoms with Crippen LogP contribution in [0.5, 0.6) is 0 Å². The highest BCUT2D eigenvalue weighted by atomic mass is 32.1. The molecule has 3 aromatic heterocycles. The summed E-state index contributed by atoms with van der Waals surface area (Å²) < 4.78 is 14.8. The quantitative estimate of drug-likeness (QED) is 0.483. The van der Waals surface area contributed by atoms with Gasteiger partial charge in [-0.05, 0) is 47.5 Å². The largest absolute Gasteiger partial charge is 0.348 e. The molecule has 0 bridgehead atoms. The molecule has 0 aliphatic carbocycles. The monoisotopic (exact) mass is 404 g/mol. The maximum atomic E-state index is 13.0. The van der Waals surface area contributed by atoms with Gasteiger partial charge in [0, 0.05) is 41.0 Å². The normalized spacial score (nSPS) is 11.1. The van der Waals surface area contributed by atoms with E-state index in [0.29, 0.717) is 6.54 Å². The molecule has 0 aliphatic heterocycles. The van der Waals surface area contributed by atoms with Gasteiger partial charge in [0.25, 0.3) is 0 Å². The summed E-state index contributed by atoms with van der Waals surface area (Å²) >= 11 is 1.54. The highest BCUT2D eigenvalue weighted by Gasteiger charge is 2.03. The van der Waals surface area contributed by atoms with E-state index in [4.69, 9.17) is 0 Å². The molecular weight excluding hydrogens is 387 g/mol. The molecule has 0 radical (unpaired) electrons. The molecule has 1 amide bonds. The number of carbonyl (C=O) groups excluding carboxylic acids is 1. The number of rotatable bonds is 6. The van der Waals surface area contributed by atoms with Gasteiger partial charge in [0.1, 0.15) is 18.0 Å². The van der Waals surface area contributed by atoms with Crippen molar-refractivity contribution in [3.05, 3.63) is 95.8 Å². The first kappa shape index (κ1) is 18.8. The van der Waals surface area contributed by atoms with Gasteiger partial charge in [-0.3, -0.25) is 9.36 Å². The zero-order valence-corrected chi connectivity index (χ0v) is 16.1. The molecule has 0 unspecified atom stereocenters. The summed E-state index contributed by atoms with van der Waals surface area (Å²) in [5.74, 6) is 0.334. The Morgan fingerprint density at radius 2 is 2.00 bits per heavy atom. The molecule has 5 nitrogen and oxygen atoms in total. The molecule has 7 heteroatoms. The lowest BCUT2D eigenvalue weighted by Crippen LogP contribution is -2.20.